The third-order valence-corrected chi connectivity index (χ3v) is 4.01. The predicted molar refractivity (Wildman–Crippen MR) is 98.3 cm³/mol. The summed E-state index contributed by atoms with van der Waals surface area (Å²) in [5.41, 5.74) is 6.49. The van der Waals surface area contributed by atoms with Crippen LogP contribution in [0.4, 0.5) is 0 Å². The van der Waals surface area contributed by atoms with Gasteiger partial charge in [0.15, 0.2) is 0 Å². The lowest BCUT2D eigenvalue weighted by molar-refractivity contribution is 1.25. The van der Waals surface area contributed by atoms with Gasteiger partial charge in [-0.25, -0.2) is 0 Å². The normalized spacial score (nSPS) is 10.5. The third kappa shape index (κ3) is 2.82. The van der Waals surface area contributed by atoms with Gasteiger partial charge in [-0.2, -0.15) is 0 Å². The molecular formula is C22H16N2. The molecule has 0 fully saturated rings. The van der Waals surface area contributed by atoms with Gasteiger partial charge in [-0.3, -0.25) is 9.97 Å². The zero-order chi connectivity index (χ0) is 16.2. The lowest BCUT2D eigenvalue weighted by Gasteiger charge is -2.10. The van der Waals surface area contributed by atoms with Gasteiger partial charge in [0, 0.05) is 18.0 Å². The molecule has 0 saturated carbocycles. The van der Waals surface area contributed by atoms with Crippen molar-refractivity contribution >= 4 is 0 Å². The van der Waals surface area contributed by atoms with Gasteiger partial charge < -0.3 is 0 Å². The molecule has 0 aliphatic heterocycles. The van der Waals surface area contributed by atoms with Crippen molar-refractivity contribution in [3.63, 3.8) is 0 Å². The van der Waals surface area contributed by atoms with Crippen LogP contribution in [0.2, 0.25) is 0 Å². The van der Waals surface area contributed by atoms with Crippen LogP contribution in [0.5, 0.6) is 0 Å². The number of aromatic nitrogens is 2. The van der Waals surface area contributed by atoms with Gasteiger partial charge in [0.25, 0.3) is 0 Å². The predicted octanol–water partition coefficient (Wildman–Crippen LogP) is 5.48. The van der Waals surface area contributed by atoms with Crippen LogP contribution in [0.3, 0.4) is 0 Å². The minimum Gasteiger partial charge on any atom is -0.255 e. The molecule has 0 saturated heterocycles. The second kappa shape index (κ2) is 6.47. The van der Waals surface area contributed by atoms with E-state index in [1.807, 2.05) is 36.5 Å². The van der Waals surface area contributed by atoms with Gasteiger partial charge in [-0.1, -0.05) is 66.7 Å². The molecule has 2 heterocycles. The Labute approximate surface area is 141 Å². The summed E-state index contributed by atoms with van der Waals surface area (Å²) < 4.78 is 0. The molecule has 2 aromatic carbocycles. The molecule has 0 aliphatic rings. The Morgan fingerprint density at radius 2 is 1.12 bits per heavy atom. The van der Waals surface area contributed by atoms with E-state index in [2.05, 4.69) is 64.6 Å². The zero-order valence-electron chi connectivity index (χ0n) is 13.1. The van der Waals surface area contributed by atoms with E-state index < -0.39 is 0 Å². The fourth-order valence-electron chi connectivity index (χ4n) is 2.82. The Morgan fingerprint density at radius 1 is 0.458 bits per heavy atom. The number of pyridine rings is 2. The molecule has 0 radical (unpaired) electrons. The average Bonchev–Trinajstić information content (AvgIpc) is 2.69. The molecule has 0 atom stereocenters. The summed E-state index contributed by atoms with van der Waals surface area (Å²) in [7, 11) is 0. The first-order valence-corrected chi connectivity index (χ1v) is 7.94. The van der Waals surface area contributed by atoms with Gasteiger partial charge in [-0.15, -0.1) is 0 Å². The van der Waals surface area contributed by atoms with Crippen LogP contribution in [0, 0.1) is 0 Å². The van der Waals surface area contributed by atoms with E-state index >= 15 is 0 Å². The molecule has 0 spiro atoms. The Bertz CT molecular complexity index is 930. The second-order valence-electron chi connectivity index (χ2n) is 5.56. The number of rotatable bonds is 3. The Morgan fingerprint density at radius 3 is 1.79 bits per heavy atom. The molecule has 0 bridgehead atoms. The standard InChI is InChI=1S/C22H16N2/c1-2-8-17(9-3-1)19-10-4-5-11-20(19)18-13-14-22(24-16-18)21-12-6-7-15-23-21/h1-16H. The SMILES string of the molecule is c1ccc(-c2ccccc2-c2ccc(-c3ccccn3)nc2)cc1. The van der Waals surface area contributed by atoms with Crippen LogP contribution in [-0.4, -0.2) is 9.97 Å². The first kappa shape index (κ1) is 14.3. The molecule has 114 valence electrons. The van der Waals surface area contributed by atoms with Crippen molar-refractivity contribution in [2.45, 2.75) is 0 Å². The maximum atomic E-state index is 4.60. The van der Waals surface area contributed by atoms with Crippen LogP contribution >= 0.6 is 0 Å². The molecule has 2 aromatic heterocycles. The third-order valence-electron chi connectivity index (χ3n) is 4.01. The zero-order valence-corrected chi connectivity index (χ0v) is 13.1. The highest BCUT2D eigenvalue weighted by atomic mass is 14.8. The Balaban J connectivity index is 1.75. The lowest BCUT2D eigenvalue weighted by atomic mass is 9.95. The summed E-state index contributed by atoms with van der Waals surface area (Å²) in [6.07, 6.45) is 3.71. The van der Waals surface area contributed by atoms with Crippen molar-refractivity contribution in [3.05, 3.63) is 97.3 Å². The summed E-state index contributed by atoms with van der Waals surface area (Å²) in [6, 6.07) is 28.9. The van der Waals surface area contributed by atoms with Gasteiger partial charge in [-0.05, 0) is 34.9 Å². The maximum Gasteiger partial charge on any atom is 0.0886 e. The maximum absolute atomic E-state index is 4.60. The van der Waals surface area contributed by atoms with E-state index in [4.69, 9.17) is 0 Å². The molecule has 4 rings (SSSR count). The molecule has 0 aliphatic carbocycles. The van der Waals surface area contributed by atoms with Gasteiger partial charge in [0.05, 0.1) is 11.4 Å². The van der Waals surface area contributed by atoms with Crippen LogP contribution in [0.25, 0.3) is 33.6 Å². The fourth-order valence-corrected chi connectivity index (χ4v) is 2.82. The average molecular weight is 308 g/mol. The van der Waals surface area contributed by atoms with Crippen molar-refractivity contribution in [1.29, 1.82) is 0 Å². The molecule has 0 unspecified atom stereocenters. The lowest BCUT2D eigenvalue weighted by Crippen LogP contribution is -1.89. The van der Waals surface area contributed by atoms with Crippen molar-refractivity contribution in [2.75, 3.05) is 0 Å². The summed E-state index contributed by atoms with van der Waals surface area (Å²) in [6.45, 7) is 0. The quantitative estimate of drug-likeness (QED) is 0.501. The number of hydrogen-bond acceptors (Lipinski definition) is 2. The van der Waals surface area contributed by atoms with Crippen molar-refractivity contribution in [2.24, 2.45) is 0 Å². The summed E-state index contributed by atoms with van der Waals surface area (Å²) in [5, 5.41) is 0. The molecule has 4 aromatic rings. The summed E-state index contributed by atoms with van der Waals surface area (Å²) in [4.78, 5) is 8.95. The summed E-state index contributed by atoms with van der Waals surface area (Å²) >= 11 is 0. The van der Waals surface area contributed by atoms with E-state index in [-0.39, 0.29) is 0 Å². The van der Waals surface area contributed by atoms with Crippen LogP contribution < -0.4 is 0 Å². The van der Waals surface area contributed by atoms with Crippen molar-refractivity contribution in [1.82, 2.24) is 9.97 Å². The monoisotopic (exact) mass is 308 g/mol. The first-order valence-electron chi connectivity index (χ1n) is 7.94. The van der Waals surface area contributed by atoms with Gasteiger partial charge in [0.1, 0.15) is 0 Å². The van der Waals surface area contributed by atoms with E-state index in [9.17, 15) is 0 Å². The Hall–Kier alpha value is -3.26. The van der Waals surface area contributed by atoms with E-state index in [0.717, 1.165) is 17.0 Å². The molecule has 0 N–H and O–H groups in total. The summed E-state index contributed by atoms with van der Waals surface area (Å²) in [5.74, 6) is 0. The Kier molecular flexibility index (Phi) is 3.86. The number of nitrogens with zero attached hydrogens (tertiary/aromatic N) is 2. The topological polar surface area (TPSA) is 25.8 Å². The minimum atomic E-state index is 0.886. The second-order valence-corrected chi connectivity index (χ2v) is 5.56. The van der Waals surface area contributed by atoms with E-state index in [1.165, 1.54) is 16.7 Å². The van der Waals surface area contributed by atoms with Crippen LogP contribution in [-0.2, 0) is 0 Å². The molecule has 2 nitrogen and oxygen atoms in total. The largest absolute Gasteiger partial charge is 0.255 e. The van der Waals surface area contributed by atoms with Crippen molar-refractivity contribution in [3.8, 4) is 33.6 Å². The molecule has 2 heteroatoms. The highest BCUT2D eigenvalue weighted by Crippen LogP contribution is 2.32. The number of benzene rings is 2. The van der Waals surface area contributed by atoms with Gasteiger partial charge >= 0.3 is 0 Å². The highest BCUT2D eigenvalue weighted by Gasteiger charge is 2.08. The van der Waals surface area contributed by atoms with E-state index in [0.29, 0.717) is 0 Å². The number of hydrogen-bond donors (Lipinski definition) is 0. The molecule has 24 heavy (non-hydrogen) atoms. The highest BCUT2D eigenvalue weighted by molar-refractivity contribution is 5.83. The fraction of sp³-hybridized carbons (Fsp3) is 0. The minimum absolute atomic E-state index is 0.886. The van der Waals surface area contributed by atoms with E-state index in [1.54, 1.807) is 6.20 Å². The van der Waals surface area contributed by atoms with Crippen LogP contribution in [0.1, 0.15) is 0 Å². The van der Waals surface area contributed by atoms with Gasteiger partial charge in [0.2, 0.25) is 0 Å². The smallest absolute Gasteiger partial charge is 0.0886 e. The van der Waals surface area contributed by atoms with Crippen LogP contribution in [0.15, 0.2) is 97.3 Å². The molecular weight excluding hydrogens is 292 g/mol. The first-order chi connectivity index (χ1) is 11.9. The van der Waals surface area contributed by atoms with Crippen molar-refractivity contribution < 1.29 is 0 Å². The molecule has 0 amide bonds.